The Morgan fingerprint density at radius 1 is 1.19 bits per heavy atom. The highest BCUT2D eigenvalue weighted by molar-refractivity contribution is 5.23. The van der Waals surface area contributed by atoms with Crippen LogP contribution in [0.1, 0.15) is 42.3 Å². The number of rotatable bonds is 6. The number of hydrogen-bond donors (Lipinski definition) is 2. The SMILES string of the molecule is CCC(NCC(O)c1ccc(C)cc1)c1ccc(F)cn1. The van der Waals surface area contributed by atoms with Gasteiger partial charge in [0, 0.05) is 12.6 Å². The van der Waals surface area contributed by atoms with E-state index in [-0.39, 0.29) is 11.9 Å². The van der Waals surface area contributed by atoms with Crippen LogP contribution in [0.15, 0.2) is 42.6 Å². The Morgan fingerprint density at radius 3 is 2.48 bits per heavy atom. The van der Waals surface area contributed by atoms with Crippen LogP contribution in [-0.4, -0.2) is 16.6 Å². The van der Waals surface area contributed by atoms with Gasteiger partial charge in [-0.25, -0.2) is 4.39 Å². The molecule has 0 aliphatic heterocycles. The molecule has 2 rings (SSSR count). The summed E-state index contributed by atoms with van der Waals surface area (Å²) in [5, 5.41) is 13.5. The number of nitrogens with zero attached hydrogens (tertiary/aromatic N) is 1. The van der Waals surface area contributed by atoms with E-state index in [0.29, 0.717) is 6.54 Å². The second-order valence-corrected chi connectivity index (χ2v) is 5.20. The zero-order valence-electron chi connectivity index (χ0n) is 12.4. The molecule has 4 heteroatoms. The third-order valence-corrected chi connectivity index (χ3v) is 3.54. The normalized spacial score (nSPS) is 13.9. The van der Waals surface area contributed by atoms with Crippen LogP contribution in [0.5, 0.6) is 0 Å². The second kappa shape index (κ2) is 7.29. The second-order valence-electron chi connectivity index (χ2n) is 5.20. The number of pyridine rings is 1. The molecular formula is C17H21FN2O. The fourth-order valence-electron chi connectivity index (χ4n) is 2.21. The van der Waals surface area contributed by atoms with Gasteiger partial charge in [0.05, 0.1) is 18.0 Å². The number of nitrogens with one attached hydrogen (secondary N) is 1. The highest BCUT2D eigenvalue weighted by Crippen LogP contribution is 2.17. The Kier molecular flexibility index (Phi) is 5.42. The van der Waals surface area contributed by atoms with E-state index in [1.54, 1.807) is 6.07 Å². The molecule has 0 aliphatic rings. The molecule has 21 heavy (non-hydrogen) atoms. The molecule has 0 spiro atoms. The Bertz CT molecular complexity index is 554. The lowest BCUT2D eigenvalue weighted by atomic mass is 10.1. The maximum atomic E-state index is 12.9. The molecule has 0 fully saturated rings. The molecule has 0 radical (unpaired) electrons. The van der Waals surface area contributed by atoms with Crippen molar-refractivity contribution in [2.45, 2.75) is 32.4 Å². The Balaban J connectivity index is 1.96. The van der Waals surface area contributed by atoms with Crippen LogP contribution in [-0.2, 0) is 0 Å². The summed E-state index contributed by atoms with van der Waals surface area (Å²) in [5.74, 6) is -0.340. The van der Waals surface area contributed by atoms with E-state index in [4.69, 9.17) is 0 Å². The fourth-order valence-corrected chi connectivity index (χ4v) is 2.21. The number of aromatic nitrogens is 1. The average molecular weight is 288 g/mol. The van der Waals surface area contributed by atoms with Gasteiger partial charge in [-0.2, -0.15) is 0 Å². The summed E-state index contributed by atoms with van der Waals surface area (Å²) in [6, 6.07) is 10.9. The van der Waals surface area contributed by atoms with Gasteiger partial charge in [0.1, 0.15) is 5.82 Å². The molecule has 1 aromatic carbocycles. The van der Waals surface area contributed by atoms with Crippen molar-refractivity contribution in [1.82, 2.24) is 10.3 Å². The Morgan fingerprint density at radius 2 is 1.90 bits per heavy atom. The molecule has 2 N–H and O–H groups in total. The van der Waals surface area contributed by atoms with Gasteiger partial charge in [-0.3, -0.25) is 4.98 Å². The third-order valence-electron chi connectivity index (χ3n) is 3.54. The van der Waals surface area contributed by atoms with E-state index in [1.165, 1.54) is 17.8 Å². The Hall–Kier alpha value is -1.78. The van der Waals surface area contributed by atoms with Crippen LogP contribution >= 0.6 is 0 Å². The van der Waals surface area contributed by atoms with Gasteiger partial charge in [-0.1, -0.05) is 36.8 Å². The van der Waals surface area contributed by atoms with Gasteiger partial charge in [0.15, 0.2) is 0 Å². The lowest BCUT2D eigenvalue weighted by Gasteiger charge is -2.19. The zero-order chi connectivity index (χ0) is 15.2. The number of hydrogen-bond acceptors (Lipinski definition) is 3. The highest BCUT2D eigenvalue weighted by Gasteiger charge is 2.13. The minimum absolute atomic E-state index is 0.00528. The van der Waals surface area contributed by atoms with Crippen molar-refractivity contribution in [1.29, 1.82) is 0 Å². The van der Waals surface area contributed by atoms with Gasteiger partial charge in [0.25, 0.3) is 0 Å². The minimum Gasteiger partial charge on any atom is -0.387 e. The van der Waals surface area contributed by atoms with Crippen LogP contribution in [0.4, 0.5) is 4.39 Å². The predicted molar refractivity (Wildman–Crippen MR) is 81.4 cm³/mol. The van der Waals surface area contributed by atoms with Crippen LogP contribution < -0.4 is 5.32 Å². The van der Waals surface area contributed by atoms with Crippen molar-refractivity contribution in [3.8, 4) is 0 Å². The summed E-state index contributed by atoms with van der Waals surface area (Å²) in [5.41, 5.74) is 2.84. The van der Waals surface area contributed by atoms with Crippen LogP contribution in [0, 0.1) is 12.7 Å². The molecule has 1 aromatic heterocycles. The van der Waals surface area contributed by atoms with Crippen molar-refractivity contribution in [2.24, 2.45) is 0 Å². The van der Waals surface area contributed by atoms with Gasteiger partial charge in [-0.05, 0) is 31.0 Å². The van der Waals surface area contributed by atoms with Crippen molar-refractivity contribution >= 4 is 0 Å². The smallest absolute Gasteiger partial charge is 0.141 e. The number of aliphatic hydroxyl groups is 1. The van der Waals surface area contributed by atoms with E-state index < -0.39 is 6.10 Å². The number of benzene rings is 1. The van der Waals surface area contributed by atoms with Gasteiger partial charge < -0.3 is 10.4 Å². The first kappa shape index (κ1) is 15.6. The first-order valence-electron chi connectivity index (χ1n) is 7.19. The molecule has 0 saturated heterocycles. The van der Waals surface area contributed by atoms with Crippen LogP contribution in [0.3, 0.4) is 0 Å². The first-order valence-corrected chi connectivity index (χ1v) is 7.19. The molecule has 0 bridgehead atoms. The summed E-state index contributed by atoms with van der Waals surface area (Å²) >= 11 is 0. The molecule has 0 saturated carbocycles. The van der Waals surface area contributed by atoms with Gasteiger partial charge in [-0.15, -0.1) is 0 Å². The van der Waals surface area contributed by atoms with Crippen molar-refractivity contribution in [2.75, 3.05) is 6.54 Å². The molecular weight excluding hydrogens is 267 g/mol. The third kappa shape index (κ3) is 4.34. The molecule has 2 atom stereocenters. The number of halogens is 1. The van der Waals surface area contributed by atoms with E-state index in [2.05, 4.69) is 10.3 Å². The van der Waals surface area contributed by atoms with Crippen LogP contribution in [0.2, 0.25) is 0 Å². The molecule has 112 valence electrons. The van der Waals surface area contributed by atoms with Crippen molar-refractivity contribution in [3.05, 3.63) is 65.2 Å². The summed E-state index contributed by atoms with van der Waals surface area (Å²) < 4.78 is 12.9. The molecule has 2 aromatic rings. The highest BCUT2D eigenvalue weighted by atomic mass is 19.1. The van der Waals surface area contributed by atoms with Gasteiger partial charge in [0.2, 0.25) is 0 Å². The molecule has 1 heterocycles. The van der Waals surface area contributed by atoms with E-state index in [0.717, 1.165) is 17.7 Å². The molecule has 0 aliphatic carbocycles. The maximum Gasteiger partial charge on any atom is 0.141 e. The number of aliphatic hydroxyl groups excluding tert-OH is 1. The number of aryl methyl sites for hydroxylation is 1. The average Bonchev–Trinajstić information content (AvgIpc) is 2.50. The lowest BCUT2D eigenvalue weighted by Crippen LogP contribution is -2.26. The summed E-state index contributed by atoms with van der Waals surface area (Å²) in [4.78, 5) is 4.09. The van der Waals surface area contributed by atoms with Crippen LogP contribution in [0.25, 0.3) is 0 Å². The zero-order valence-corrected chi connectivity index (χ0v) is 12.4. The molecule has 3 nitrogen and oxygen atoms in total. The van der Waals surface area contributed by atoms with Gasteiger partial charge >= 0.3 is 0 Å². The largest absolute Gasteiger partial charge is 0.387 e. The minimum atomic E-state index is -0.569. The fraction of sp³-hybridized carbons (Fsp3) is 0.353. The van der Waals surface area contributed by atoms with E-state index in [9.17, 15) is 9.50 Å². The lowest BCUT2D eigenvalue weighted by molar-refractivity contribution is 0.169. The molecule has 0 amide bonds. The quantitative estimate of drug-likeness (QED) is 0.857. The van der Waals surface area contributed by atoms with Crippen molar-refractivity contribution in [3.63, 3.8) is 0 Å². The Labute approximate surface area is 124 Å². The monoisotopic (exact) mass is 288 g/mol. The first-order chi connectivity index (χ1) is 10.1. The summed E-state index contributed by atoms with van der Waals surface area (Å²) in [6.45, 7) is 4.48. The van der Waals surface area contributed by atoms with E-state index >= 15 is 0 Å². The standard InChI is InChI=1S/C17H21FN2O/c1-3-15(16-9-8-14(18)10-19-16)20-11-17(21)13-6-4-12(2)5-7-13/h4-10,15,17,20-21H,3,11H2,1-2H3. The summed E-state index contributed by atoms with van der Waals surface area (Å²) in [7, 11) is 0. The van der Waals surface area contributed by atoms with Crippen molar-refractivity contribution < 1.29 is 9.50 Å². The predicted octanol–water partition coefficient (Wildman–Crippen LogP) is 3.30. The van der Waals surface area contributed by atoms with E-state index in [1.807, 2.05) is 38.1 Å². The maximum absolute atomic E-state index is 12.9. The topological polar surface area (TPSA) is 45.1 Å². The molecule has 2 unspecified atom stereocenters. The summed E-state index contributed by atoms with van der Waals surface area (Å²) in [6.07, 6.45) is 1.47.